The van der Waals surface area contributed by atoms with Gasteiger partial charge >= 0.3 is 0 Å². The van der Waals surface area contributed by atoms with Crippen LogP contribution in [0.25, 0.3) is 0 Å². The van der Waals surface area contributed by atoms with Gasteiger partial charge in [-0.2, -0.15) is 0 Å². The third-order valence-corrected chi connectivity index (χ3v) is 2.39. The Hall–Kier alpha value is -2.24. The highest BCUT2D eigenvalue weighted by molar-refractivity contribution is 5.44. The normalized spacial score (nSPS) is 10.3. The molecule has 2 rings (SSSR count). The first-order valence-electron chi connectivity index (χ1n) is 5.82. The van der Waals surface area contributed by atoms with Gasteiger partial charge in [0, 0.05) is 18.7 Å². The quantitative estimate of drug-likeness (QED) is 0.843. The molecule has 0 bridgehead atoms. The first-order valence-corrected chi connectivity index (χ1v) is 5.82. The molecule has 0 radical (unpaired) electrons. The second-order valence-electron chi connectivity index (χ2n) is 3.95. The minimum Gasteiger partial charge on any atom is -0.384 e. The molecule has 2 aromatic heterocycles. The van der Waals surface area contributed by atoms with Gasteiger partial charge in [-0.1, -0.05) is 6.92 Å². The number of hydrogen-bond donors (Lipinski definition) is 2. The van der Waals surface area contributed by atoms with Gasteiger partial charge < -0.3 is 11.1 Å². The maximum atomic E-state index is 5.70. The molecule has 0 saturated heterocycles. The zero-order valence-corrected chi connectivity index (χ0v) is 10.5. The summed E-state index contributed by atoms with van der Waals surface area (Å²) in [4.78, 5) is 16.9. The molecule has 0 spiro atoms. The van der Waals surface area contributed by atoms with Crippen molar-refractivity contribution in [3.05, 3.63) is 35.7 Å². The van der Waals surface area contributed by atoms with Crippen molar-refractivity contribution >= 4 is 11.6 Å². The number of rotatable bonds is 4. The van der Waals surface area contributed by atoms with Gasteiger partial charge in [0.05, 0.1) is 24.1 Å². The summed E-state index contributed by atoms with van der Waals surface area (Å²) in [6, 6.07) is 1.71. The lowest BCUT2D eigenvalue weighted by molar-refractivity contribution is 0.926. The predicted octanol–water partition coefficient (Wildman–Crippen LogP) is 1.33. The minimum absolute atomic E-state index is 0.472. The molecule has 6 nitrogen and oxygen atoms in total. The highest BCUT2D eigenvalue weighted by atomic mass is 15.1. The van der Waals surface area contributed by atoms with E-state index in [0.717, 1.165) is 23.6 Å². The SMILES string of the molecule is CCc1nc(N)cc(NCc2cnc(C)cn2)n1. The largest absolute Gasteiger partial charge is 0.384 e. The molecule has 0 aliphatic heterocycles. The predicted molar refractivity (Wildman–Crippen MR) is 69.9 cm³/mol. The van der Waals surface area contributed by atoms with E-state index in [1.165, 1.54) is 0 Å². The Labute approximate surface area is 106 Å². The molecule has 2 aromatic rings. The number of hydrogen-bond acceptors (Lipinski definition) is 6. The van der Waals surface area contributed by atoms with Crippen molar-refractivity contribution in [2.45, 2.75) is 26.8 Å². The van der Waals surface area contributed by atoms with Crippen LogP contribution in [0.5, 0.6) is 0 Å². The topological polar surface area (TPSA) is 89.6 Å². The molecule has 94 valence electrons. The summed E-state index contributed by atoms with van der Waals surface area (Å²) in [6.45, 7) is 4.46. The van der Waals surface area contributed by atoms with Crippen LogP contribution in [0, 0.1) is 6.92 Å². The summed E-state index contributed by atoms with van der Waals surface area (Å²) in [5.74, 6) is 1.91. The van der Waals surface area contributed by atoms with Crippen molar-refractivity contribution in [3.8, 4) is 0 Å². The summed E-state index contributed by atoms with van der Waals surface area (Å²) in [7, 11) is 0. The molecule has 6 heteroatoms. The summed E-state index contributed by atoms with van der Waals surface area (Å²) < 4.78 is 0. The van der Waals surface area contributed by atoms with Crippen LogP contribution in [0.4, 0.5) is 11.6 Å². The molecule has 0 atom stereocenters. The fourth-order valence-corrected chi connectivity index (χ4v) is 1.46. The molecule has 0 aliphatic rings. The second kappa shape index (κ2) is 5.39. The number of anilines is 2. The van der Waals surface area contributed by atoms with E-state index in [9.17, 15) is 0 Å². The smallest absolute Gasteiger partial charge is 0.132 e. The lowest BCUT2D eigenvalue weighted by atomic mass is 10.4. The Bertz CT molecular complexity index is 523. The average molecular weight is 244 g/mol. The number of aromatic nitrogens is 4. The van der Waals surface area contributed by atoms with Crippen LogP contribution < -0.4 is 11.1 Å². The van der Waals surface area contributed by atoms with Crippen LogP contribution in [0.1, 0.15) is 24.1 Å². The van der Waals surface area contributed by atoms with Crippen LogP contribution in [0.15, 0.2) is 18.5 Å². The molecular weight excluding hydrogens is 228 g/mol. The number of nitrogens with zero attached hydrogens (tertiary/aromatic N) is 4. The van der Waals surface area contributed by atoms with E-state index in [2.05, 4.69) is 25.3 Å². The van der Waals surface area contributed by atoms with Crippen molar-refractivity contribution in [1.82, 2.24) is 19.9 Å². The van der Waals surface area contributed by atoms with Gasteiger partial charge in [-0.25, -0.2) is 9.97 Å². The molecule has 0 saturated carbocycles. The third kappa shape index (κ3) is 3.13. The molecule has 18 heavy (non-hydrogen) atoms. The monoisotopic (exact) mass is 244 g/mol. The minimum atomic E-state index is 0.472. The maximum Gasteiger partial charge on any atom is 0.132 e. The zero-order valence-electron chi connectivity index (χ0n) is 10.5. The molecule has 0 aliphatic carbocycles. The Morgan fingerprint density at radius 3 is 2.72 bits per heavy atom. The number of nitrogens with one attached hydrogen (secondary N) is 1. The Morgan fingerprint density at radius 1 is 1.22 bits per heavy atom. The maximum absolute atomic E-state index is 5.70. The van der Waals surface area contributed by atoms with Gasteiger partial charge in [-0.15, -0.1) is 0 Å². The van der Waals surface area contributed by atoms with E-state index in [1.807, 2.05) is 13.8 Å². The van der Waals surface area contributed by atoms with E-state index >= 15 is 0 Å². The number of nitrogen functional groups attached to an aromatic ring is 1. The van der Waals surface area contributed by atoms with Crippen molar-refractivity contribution in [2.75, 3.05) is 11.1 Å². The summed E-state index contributed by atoms with van der Waals surface area (Å²) in [5, 5.41) is 3.16. The van der Waals surface area contributed by atoms with Crippen molar-refractivity contribution < 1.29 is 0 Å². The van der Waals surface area contributed by atoms with E-state index in [-0.39, 0.29) is 0 Å². The van der Waals surface area contributed by atoms with Crippen molar-refractivity contribution in [3.63, 3.8) is 0 Å². The van der Waals surface area contributed by atoms with Gasteiger partial charge in [0.15, 0.2) is 0 Å². The van der Waals surface area contributed by atoms with Gasteiger partial charge in [-0.05, 0) is 6.92 Å². The number of nitrogens with two attached hydrogens (primary N) is 1. The summed E-state index contributed by atoms with van der Waals surface area (Å²) >= 11 is 0. The highest BCUT2D eigenvalue weighted by Crippen LogP contribution is 2.09. The molecule has 0 aromatic carbocycles. The van der Waals surface area contributed by atoms with E-state index in [1.54, 1.807) is 18.5 Å². The molecule has 3 N–H and O–H groups in total. The van der Waals surface area contributed by atoms with Crippen LogP contribution in [-0.4, -0.2) is 19.9 Å². The summed E-state index contributed by atoms with van der Waals surface area (Å²) in [5.41, 5.74) is 7.46. The Morgan fingerprint density at radius 2 is 2.06 bits per heavy atom. The average Bonchev–Trinajstić information content (AvgIpc) is 2.37. The summed E-state index contributed by atoms with van der Waals surface area (Å²) in [6.07, 6.45) is 4.24. The fraction of sp³-hybridized carbons (Fsp3) is 0.333. The van der Waals surface area contributed by atoms with Crippen LogP contribution in [-0.2, 0) is 13.0 Å². The van der Waals surface area contributed by atoms with Gasteiger partial charge in [0.2, 0.25) is 0 Å². The van der Waals surface area contributed by atoms with E-state index in [0.29, 0.717) is 18.2 Å². The molecule has 0 amide bonds. The van der Waals surface area contributed by atoms with E-state index in [4.69, 9.17) is 5.73 Å². The first-order chi connectivity index (χ1) is 8.67. The second-order valence-corrected chi connectivity index (χ2v) is 3.95. The van der Waals surface area contributed by atoms with Crippen LogP contribution in [0.2, 0.25) is 0 Å². The van der Waals surface area contributed by atoms with Gasteiger partial charge in [-0.3, -0.25) is 9.97 Å². The van der Waals surface area contributed by atoms with Gasteiger partial charge in [0.25, 0.3) is 0 Å². The zero-order chi connectivity index (χ0) is 13.0. The van der Waals surface area contributed by atoms with Crippen molar-refractivity contribution in [1.29, 1.82) is 0 Å². The molecular formula is C12H16N6. The lowest BCUT2D eigenvalue weighted by Gasteiger charge is -2.07. The molecule has 2 heterocycles. The van der Waals surface area contributed by atoms with Crippen LogP contribution >= 0.6 is 0 Å². The van der Waals surface area contributed by atoms with Crippen molar-refractivity contribution in [2.24, 2.45) is 0 Å². The van der Waals surface area contributed by atoms with E-state index < -0.39 is 0 Å². The van der Waals surface area contributed by atoms with Gasteiger partial charge in [0.1, 0.15) is 17.5 Å². The lowest BCUT2D eigenvalue weighted by Crippen LogP contribution is -2.07. The standard InChI is InChI=1S/C12H16N6/c1-3-11-17-10(13)4-12(18-11)16-7-9-6-14-8(2)5-15-9/h4-6H,3,7H2,1-2H3,(H3,13,16,17,18). The Kier molecular flexibility index (Phi) is 3.66. The number of aryl methyl sites for hydroxylation is 2. The highest BCUT2D eigenvalue weighted by Gasteiger charge is 2.01. The Balaban J connectivity index is 2.05. The fourth-order valence-electron chi connectivity index (χ4n) is 1.46. The third-order valence-electron chi connectivity index (χ3n) is 2.39. The molecule has 0 unspecified atom stereocenters. The van der Waals surface area contributed by atoms with Crippen LogP contribution in [0.3, 0.4) is 0 Å². The molecule has 0 fully saturated rings. The first kappa shape index (κ1) is 12.2.